The first-order valence-corrected chi connectivity index (χ1v) is 12.4. The summed E-state index contributed by atoms with van der Waals surface area (Å²) in [5.74, 6) is 0. The van der Waals surface area contributed by atoms with Gasteiger partial charge in [0.15, 0.2) is 0 Å². The van der Waals surface area contributed by atoms with Crippen molar-refractivity contribution >= 4 is 18.7 Å². The lowest BCUT2D eigenvalue weighted by molar-refractivity contribution is 0.162. The van der Waals surface area contributed by atoms with Crippen LogP contribution in [0.15, 0.2) is 60.7 Å². The molecule has 0 spiro atoms. The van der Waals surface area contributed by atoms with E-state index in [1.807, 2.05) is 0 Å². The molecule has 0 amide bonds. The molecule has 0 N–H and O–H groups in total. The molecule has 2 aromatic carbocycles. The lowest BCUT2D eigenvalue weighted by atomic mass is 10.1. The Morgan fingerprint density at radius 2 is 1.48 bits per heavy atom. The maximum absolute atomic E-state index is 7.16. The third-order valence-electron chi connectivity index (χ3n) is 6.63. The van der Waals surface area contributed by atoms with E-state index in [1.54, 1.807) is 0 Å². The Morgan fingerprint density at radius 1 is 0.889 bits per heavy atom. The van der Waals surface area contributed by atoms with Gasteiger partial charge in [-0.3, -0.25) is 4.90 Å². The van der Waals surface area contributed by atoms with Crippen molar-refractivity contribution in [2.75, 3.05) is 13.2 Å². The van der Waals surface area contributed by atoms with Crippen molar-refractivity contribution < 1.29 is 4.43 Å². The van der Waals surface area contributed by atoms with Gasteiger partial charge in [-0.25, -0.2) is 0 Å². The summed E-state index contributed by atoms with van der Waals surface area (Å²) in [4.78, 5) is 2.73. The van der Waals surface area contributed by atoms with Gasteiger partial charge in [-0.1, -0.05) is 81.4 Å². The van der Waals surface area contributed by atoms with Gasteiger partial charge in [-0.15, -0.1) is 0 Å². The molecule has 0 aliphatic carbocycles. The van der Waals surface area contributed by atoms with Gasteiger partial charge in [0.1, 0.15) is 0 Å². The predicted molar refractivity (Wildman–Crippen MR) is 116 cm³/mol. The molecule has 0 radical (unpaired) electrons. The number of fused-ring (bicyclic) bond motifs is 1. The number of benzene rings is 2. The third-order valence-corrected chi connectivity index (χ3v) is 11.6. The summed E-state index contributed by atoms with van der Waals surface area (Å²) in [5, 5.41) is 2.85. The molecule has 2 aliphatic heterocycles. The van der Waals surface area contributed by atoms with Gasteiger partial charge in [-0.05, 0) is 47.6 Å². The van der Waals surface area contributed by atoms with E-state index in [4.69, 9.17) is 4.43 Å². The number of hydrogen-bond donors (Lipinski definition) is 0. The first kappa shape index (κ1) is 18.9. The largest absolute Gasteiger partial charge is 0.406 e. The monoisotopic (exact) mass is 379 g/mol. The van der Waals surface area contributed by atoms with Crippen LogP contribution in [0.4, 0.5) is 0 Å². The van der Waals surface area contributed by atoms with E-state index in [2.05, 4.69) is 86.3 Å². The van der Waals surface area contributed by atoms with E-state index < -0.39 is 8.32 Å². The summed E-state index contributed by atoms with van der Waals surface area (Å²) >= 11 is 0. The molecule has 2 fully saturated rings. The van der Waals surface area contributed by atoms with Crippen LogP contribution < -0.4 is 10.4 Å². The van der Waals surface area contributed by atoms with Crippen LogP contribution >= 0.6 is 0 Å². The molecule has 144 valence electrons. The molecular formula is C24H33NOSi. The fourth-order valence-corrected chi connectivity index (χ4v) is 9.96. The SMILES string of the molecule is CC(C)(C)[Si](OC[C@@H]1CC[C@H]2CCCN21)(c1ccccc1)c1ccccc1. The summed E-state index contributed by atoms with van der Waals surface area (Å²) in [6.45, 7) is 9.23. The van der Waals surface area contributed by atoms with Crippen LogP contribution in [0, 0.1) is 0 Å². The lowest BCUT2D eigenvalue weighted by Crippen LogP contribution is -2.67. The molecule has 3 heteroatoms. The number of rotatable bonds is 5. The van der Waals surface area contributed by atoms with Crippen LogP contribution in [0.2, 0.25) is 5.04 Å². The van der Waals surface area contributed by atoms with E-state index in [-0.39, 0.29) is 5.04 Å². The van der Waals surface area contributed by atoms with E-state index in [9.17, 15) is 0 Å². The zero-order valence-corrected chi connectivity index (χ0v) is 18.0. The van der Waals surface area contributed by atoms with Gasteiger partial charge in [-0.2, -0.15) is 0 Å². The standard InChI is InChI=1S/C24H33NOSi/c1-24(2,3)27(22-12-6-4-7-13-22,23-14-8-5-9-15-23)26-19-21-17-16-20-11-10-18-25(20)21/h4-9,12-15,20-21H,10-11,16-19H2,1-3H3/t20-,21+/m1/s1. The van der Waals surface area contributed by atoms with Gasteiger partial charge in [0.25, 0.3) is 8.32 Å². The predicted octanol–water partition coefficient (Wildman–Crippen LogP) is 4.19. The maximum atomic E-state index is 7.16. The average Bonchev–Trinajstić information content (AvgIpc) is 3.27. The van der Waals surface area contributed by atoms with Gasteiger partial charge in [0.05, 0.1) is 6.61 Å². The van der Waals surface area contributed by atoms with Crippen LogP contribution in [0.5, 0.6) is 0 Å². The second kappa shape index (κ2) is 7.54. The Bertz CT molecular complexity index is 700. The highest BCUT2D eigenvalue weighted by atomic mass is 28.4. The van der Waals surface area contributed by atoms with Crippen LogP contribution in [0.25, 0.3) is 0 Å². The molecule has 2 nitrogen and oxygen atoms in total. The summed E-state index contributed by atoms with van der Waals surface area (Å²) in [6, 6.07) is 23.5. The molecule has 0 saturated carbocycles. The molecule has 2 saturated heterocycles. The van der Waals surface area contributed by atoms with E-state index >= 15 is 0 Å². The van der Waals surface area contributed by atoms with Gasteiger partial charge in [0.2, 0.25) is 0 Å². The minimum atomic E-state index is -2.39. The molecular weight excluding hydrogens is 346 g/mol. The van der Waals surface area contributed by atoms with Crippen LogP contribution in [0.3, 0.4) is 0 Å². The topological polar surface area (TPSA) is 12.5 Å². The highest BCUT2D eigenvalue weighted by Crippen LogP contribution is 2.38. The fourth-order valence-electron chi connectivity index (χ4n) is 5.36. The van der Waals surface area contributed by atoms with Crippen molar-refractivity contribution in [2.45, 2.75) is 63.6 Å². The number of nitrogens with zero attached hydrogens (tertiary/aromatic N) is 1. The van der Waals surface area contributed by atoms with Crippen LogP contribution in [0.1, 0.15) is 46.5 Å². The molecule has 2 aliphatic rings. The van der Waals surface area contributed by atoms with Gasteiger partial charge >= 0.3 is 0 Å². The van der Waals surface area contributed by atoms with E-state index in [0.717, 1.165) is 12.6 Å². The summed E-state index contributed by atoms with van der Waals surface area (Å²) in [6.07, 6.45) is 5.40. The average molecular weight is 380 g/mol. The molecule has 27 heavy (non-hydrogen) atoms. The fraction of sp³-hybridized carbons (Fsp3) is 0.500. The molecule has 0 unspecified atom stereocenters. The molecule has 2 heterocycles. The summed E-state index contributed by atoms with van der Waals surface area (Å²) in [7, 11) is -2.39. The van der Waals surface area contributed by atoms with Gasteiger partial charge in [0, 0.05) is 12.1 Å². The van der Waals surface area contributed by atoms with E-state index in [0.29, 0.717) is 6.04 Å². The molecule has 0 aromatic heterocycles. The highest BCUT2D eigenvalue weighted by molar-refractivity contribution is 6.99. The molecule has 2 atom stereocenters. The second-order valence-corrected chi connectivity index (χ2v) is 13.5. The molecule has 0 bridgehead atoms. The minimum Gasteiger partial charge on any atom is -0.406 e. The zero-order valence-electron chi connectivity index (χ0n) is 17.0. The van der Waals surface area contributed by atoms with Crippen molar-refractivity contribution in [3.05, 3.63) is 60.7 Å². The van der Waals surface area contributed by atoms with Crippen LogP contribution in [-0.2, 0) is 4.43 Å². The van der Waals surface area contributed by atoms with Crippen molar-refractivity contribution in [1.82, 2.24) is 4.90 Å². The number of hydrogen-bond acceptors (Lipinski definition) is 2. The normalized spacial score (nSPS) is 23.5. The Morgan fingerprint density at radius 3 is 2.04 bits per heavy atom. The van der Waals surface area contributed by atoms with Crippen LogP contribution in [-0.4, -0.2) is 38.5 Å². The quantitative estimate of drug-likeness (QED) is 0.722. The highest BCUT2D eigenvalue weighted by Gasteiger charge is 2.51. The van der Waals surface area contributed by atoms with Crippen molar-refractivity contribution in [3.8, 4) is 0 Å². The van der Waals surface area contributed by atoms with Crippen molar-refractivity contribution in [3.63, 3.8) is 0 Å². The first-order chi connectivity index (χ1) is 13.0. The summed E-state index contributed by atoms with van der Waals surface area (Å²) < 4.78 is 7.16. The third kappa shape index (κ3) is 3.41. The Kier molecular flexibility index (Phi) is 5.28. The molecule has 4 rings (SSSR count). The van der Waals surface area contributed by atoms with E-state index in [1.165, 1.54) is 42.6 Å². The first-order valence-electron chi connectivity index (χ1n) is 10.5. The van der Waals surface area contributed by atoms with Gasteiger partial charge < -0.3 is 4.43 Å². The minimum absolute atomic E-state index is 0.0682. The second-order valence-electron chi connectivity index (χ2n) is 9.24. The zero-order chi connectivity index (χ0) is 18.9. The Balaban J connectivity index is 1.71. The molecule has 2 aromatic rings. The van der Waals surface area contributed by atoms with Crippen molar-refractivity contribution in [1.29, 1.82) is 0 Å². The Hall–Kier alpha value is -1.42. The summed E-state index contributed by atoms with van der Waals surface area (Å²) in [5.41, 5.74) is 0. The van der Waals surface area contributed by atoms with Crippen molar-refractivity contribution in [2.24, 2.45) is 0 Å². The Labute approximate surface area is 165 Å². The maximum Gasteiger partial charge on any atom is 0.261 e. The lowest BCUT2D eigenvalue weighted by Gasteiger charge is -2.44. The smallest absolute Gasteiger partial charge is 0.261 e.